The van der Waals surface area contributed by atoms with Crippen LogP contribution in [0.3, 0.4) is 0 Å². The van der Waals surface area contributed by atoms with E-state index in [1.165, 1.54) is 12.5 Å². The highest BCUT2D eigenvalue weighted by Gasteiger charge is 2.17. The number of hydrogen-bond acceptors (Lipinski definition) is 3. The van der Waals surface area contributed by atoms with Gasteiger partial charge in [-0.25, -0.2) is 0 Å². The molecule has 1 saturated heterocycles. The molecule has 1 aliphatic heterocycles. The molecule has 0 saturated carbocycles. The summed E-state index contributed by atoms with van der Waals surface area (Å²) in [5.41, 5.74) is 0.731. The minimum absolute atomic E-state index is 0.00606. The molecule has 122 valence electrons. The molecule has 5 heteroatoms. The van der Waals surface area contributed by atoms with Gasteiger partial charge in [0, 0.05) is 31.1 Å². The van der Waals surface area contributed by atoms with Crippen molar-refractivity contribution in [2.75, 3.05) is 19.7 Å². The first-order valence-electron chi connectivity index (χ1n) is 8.24. The molecule has 2 heterocycles. The molecule has 3 rings (SSSR count). The summed E-state index contributed by atoms with van der Waals surface area (Å²) in [6.45, 7) is 4.14. The first kappa shape index (κ1) is 15.6. The Kier molecular flexibility index (Phi) is 4.65. The second-order valence-electron chi connectivity index (χ2n) is 5.84. The molecule has 0 spiro atoms. The van der Waals surface area contributed by atoms with Crippen LogP contribution in [-0.2, 0) is 11.3 Å². The summed E-state index contributed by atoms with van der Waals surface area (Å²) in [6, 6.07) is 9.11. The molecule has 2 aromatic rings. The summed E-state index contributed by atoms with van der Waals surface area (Å²) >= 11 is 0. The number of carbonyl (C=O) groups is 1. The van der Waals surface area contributed by atoms with E-state index in [0.29, 0.717) is 12.3 Å². The first-order chi connectivity index (χ1) is 11.2. The third-order valence-electron chi connectivity index (χ3n) is 4.36. The summed E-state index contributed by atoms with van der Waals surface area (Å²) in [6.07, 6.45) is 3.30. The van der Waals surface area contributed by atoms with E-state index >= 15 is 0 Å². The van der Waals surface area contributed by atoms with Gasteiger partial charge >= 0.3 is 0 Å². The van der Waals surface area contributed by atoms with Gasteiger partial charge in [-0.1, -0.05) is 12.1 Å². The number of aryl methyl sites for hydroxylation is 1. The molecular weight excluding hydrogens is 292 g/mol. The number of rotatable bonds is 4. The molecule has 0 N–H and O–H groups in total. The number of hydrogen-bond donors (Lipinski definition) is 0. The molecule has 0 aliphatic carbocycles. The van der Waals surface area contributed by atoms with Crippen molar-refractivity contribution in [3.05, 3.63) is 40.7 Å². The zero-order valence-electron chi connectivity index (χ0n) is 13.5. The fraction of sp³-hybridized carbons (Fsp3) is 0.444. The quantitative estimate of drug-likeness (QED) is 0.871. The topological polar surface area (TPSA) is 51.5 Å². The number of para-hydroxylation sites is 1. The van der Waals surface area contributed by atoms with E-state index in [9.17, 15) is 9.59 Å². The second-order valence-corrected chi connectivity index (χ2v) is 5.84. The minimum Gasteiger partial charge on any atom is -0.483 e. The number of likely N-dealkylation sites (tertiary alicyclic amines) is 1. The van der Waals surface area contributed by atoms with Crippen molar-refractivity contribution in [1.29, 1.82) is 0 Å². The number of benzene rings is 1. The Bertz CT molecular complexity index is 760. The smallest absolute Gasteiger partial charge is 0.260 e. The number of aromatic nitrogens is 1. The predicted molar refractivity (Wildman–Crippen MR) is 89.8 cm³/mol. The van der Waals surface area contributed by atoms with Crippen LogP contribution in [0.2, 0.25) is 0 Å². The van der Waals surface area contributed by atoms with E-state index in [2.05, 4.69) is 0 Å². The summed E-state index contributed by atoms with van der Waals surface area (Å²) in [4.78, 5) is 26.3. The average Bonchev–Trinajstić information content (AvgIpc) is 2.60. The Hall–Kier alpha value is -2.30. The lowest BCUT2D eigenvalue weighted by molar-refractivity contribution is -0.134. The maximum absolute atomic E-state index is 12.2. The molecule has 0 radical (unpaired) electrons. The fourth-order valence-corrected chi connectivity index (χ4v) is 3.12. The Morgan fingerprint density at radius 1 is 1.17 bits per heavy atom. The molecule has 0 unspecified atom stereocenters. The Morgan fingerprint density at radius 3 is 2.65 bits per heavy atom. The van der Waals surface area contributed by atoms with Gasteiger partial charge in [-0.15, -0.1) is 0 Å². The Labute approximate surface area is 135 Å². The maximum Gasteiger partial charge on any atom is 0.260 e. The summed E-state index contributed by atoms with van der Waals surface area (Å²) in [5.74, 6) is 0.481. The van der Waals surface area contributed by atoms with Gasteiger partial charge in [-0.2, -0.15) is 0 Å². The van der Waals surface area contributed by atoms with Crippen LogP contribution < -0.4 is 10.3 Å². The number of pyridine rings is 1. The van der Waals surface area contributed by atoms with Gasteiger partial charge in [-0.05, 0) is 38.3 Å². The molecule has 23 heavy (non-hydrogen) atoms. The number of ether oxygens (including phenoxy) is 1. The lowest BCUT2D eigenvalue weighted by Crippen LogP contribution is -2.38. The molecule has 0 atom stereocenters. The predicted octanol–water partition coefficient (Wildman–Crippen LogP) is 2.41. The third-order valence-corrected chi connectivity index (χ3v) is 4.36. The van der Waals surface area contributed by atoms with Crippen LogP contribution in [0.4, 0.5) is 0 Å². The highest BCUT2D eigenvalue weighted by molar-refractivity contribution is 5.86. The lowest BCUT2D eigenvalue weighted by atomic mass is 10.1. The van der Waals surface area contributed by atoms with E-state index in [-0.39, 0.29) is 18.1 Å². The summed E-state index contributed by atoms with van der Waals surface area (Å²) in [7, 11) is 0. The highest BCUT2D eigenvalue weighted by atomic mass is 16.5. The highest BCUT2D eigenvalue weighted by Crippen LogP contribution is 2.23. The van der Waals surface area contributed by atoms with Crippen molar-refractivity contribution in [2.24, 2.45) is 0 Å². The van der Waals surface area contributed by atoms with Crippen LogP contribution in [0.15, 0.2) is 35.1 Å². The van der Waals surface area contributed by atoms with Crippen molar-refractivity contribution in [3.8, 4) is 5.75 Å². The summed E-state index contributed by atoms with van der Waals surface area (Å²) < 4.78 is 7.41. The first-order valence-corrected chi connectivity index (χ1v) is 8.24. The second kappa shape index (κ2) is 6.86. The van der Waals surface area contributed by atoms with Gasteiger partial charge in [0.05, 0.1) is 5.52 Å². The molecule has 1 aliphatic rings. The molecule has 1 aromatic carbocycles. The number of nitrogens with zero attached hydrogens (tertiary/aromatic N) is 2. The number of amides is 1. The van der Waals surface area contributed by atoms with Gasteiger partial charge in [0.2, 0.25) is 0 Å². The molecular formula is C18H22N2O3. The van der Waals surface area contributed by atoms with E-state index in [1.807, 2.05) is 36.1 Å². The largest absolute Gasteiger partial charge is 0.483 e. The lowest BCUT2D eigenvalue weighted by Gasteiger charge is -2.26. The van der Waals surface area contributed by atoms with E-state index in [4.69, 9.17) is 4.74 Å². The monoisotopic (exact) mass is 314 g/mol. The third kappa shape index (κ3) is 3.23. The van der Waals surface area contributed by atoms with Gasteiger partial charge in [0.15, 0.2) is 6.61 Å². The van der Waals surface area contributed by atoms with Gasteiger partial charge in [-0.3, -0.25) is 9.59 Å². The number of fused-ring (bicyclic) bond motifs is 1. The van der Waals surface area contributed by atoms with Crippen molar-refractivity contribution < 1.29 is 9.53 Å². The minimum atomic E-state index is -0.105. The fourth-order valence-electron chi connectivity index (χ4n) is 3.12. The Balaban J connectivity index is 1.83. The van der Waals surface area contributed by atoms with Crippen LogP contribution in [0.1, 0.15) is 26.2 Å². The molecule has 5 nitrogen and oxygen atoms in total. The standard InChI is InChI=1S/C18H22N2O3/c1-2-20-15-9-5-4-8-14(15)16(12-17(20)21)23-13-18(22)19-10-6-3-7-11-19/h4-5,8-9,12H,2-3,6-7,10-11,13H2,1H3. The Morgan fingerprint density at radius 2 is 1.91 bits per heavy atom. The molecule has 1 aromatic heterocycles. The molecule has 0 bridgehead atoms. The van der Waals surface area contributed by atoms with Gasteiger partial charge in [0.1, 0.15) is 5.75 Å². The summed E-state index contributed by atoms with van der Waals surface area (Å²) in [5, 5.41) is 0.861. The van der Waals surface area contributed by atoms with Gasteiger partial charge < -0.3 is 14.2 Å². The maximum atomic E-state index is 12.2. The number of carbonyl (C=O) groups excluding carboxylic acids is 1. The van der Waals surface area contributed by atoms with E-state index < -0.39 is 0 Å². The molecule has 1 fully saturated rings. The average molecular weight is 314 g/mol. The van der Waals surface area contributed by atoms with E-state index in [1.54, 1.807) is 4.57 Å². The van der Waals surface area contributed by atoms with Crippen LogP contribution in [0.25, 0.3) is 10.9 Å². The van der Waals surface area contributed by atoms with Crippen LogP contribution in [0, 0.1) is 0 Å². The normalized spacial score (nSPS) is 14.9. The zero-order chi connectivity index (χ0) is 16.2. The van der Waals surface area contributed by atoms with Gasteiger partial charge in [0.25, 0.3) is 11.5 Å². The zero-order valence-corrected chi connectivity index (χ0v) is 13.5. The molecule has 1 amide bonds. The van der Waals surface area contributed by atoms with Crippen molar-refractivity contribution >= 4 is 16.8 Å². The van der Waals surface area contributed by atoms with Crippen LogP contribution in [0.5, 0.6) is 5.75 Å². The van der Waals surface area contributed by atoms with Crippen LogP contribution in [-0.4, -0.2) is 35.1 Å². The van der Waals surface area contributed by atoms with Crippen molar-refractivity contribution in [2.45, 2.75) is 32.7 Å². The van der Waals surface area contributed by atoms with Crippen molar-refractivity contribution in [1.82, 2.24) is 9.47 Å². The van der Waals surface area contributed by atoms with Crippen molar-refractivity contribution in [3.63, 3.8) is 0 Å². The van der Waals surface area contributed by atoms with Crippen LogP contribution >= 0.6 is 0 Å². The number of piperidine rings is 1. The SMILES string of the molecule is CCn1c(=O)cc(OCC(=O)N2CCCCC2)c2ccccc21. The van der Waals surface area contributed by atoms with E-state index in [0.717, 1.165) is 36.8 Å².